The molecule has 0 saturated heterocycles. The first-order chi connectivity index (χ1) is 12.5. The molecule has 4 aliphatic rings. The Balaban J connectivity index is 1.22. The molecule has 4 aliphatic carbocycles. The standard InChI is InChI=1S/C20H29N3O2S/c1-23(12-18(24)22-19(25)21-11-17-3-2-4-26-17)13-20-8-14-5-15(9-20)7-16(6-14)10-20/h2-4,14-16H,5-13H2,1H3,(H2,21,22,24,25). The summed E-state index contributed by atoms with van der Waals surface area (Å²) in [6.45, 7) is 1.73. The number of thiophene rings is 1. The van der Waals surface area contributed by atoms with Crippen molar-refractivity contribution in [3.63, 3.8) is 0 Å². The van der Waals surface area contributed by atoms with Crippen LogP contribution in [0.1, 0.15) is 43.4 Å². The molecule has 0 aliphatic heterocycles. The van der Waals surface area contributed by atoms with Crippen molar-refractivity contribution < 1.29 is 9.59 Å². The first-order valence-corrected chi connectivity index (χ1v) is 10.7. The van der Waals surface area contributed by atoms with Gasteiger partial charge in [-0.3, -0.25) is 15.0 Å². The summed E-state index contributed by atoms with van der Waals surface area (Å²) in [6.07, 6.45) is 8.33. The maximum atomic E-state index is 12.2. The lowest BCUT2D eigenvalue weighted by Gasteiger charge is -2.57. The fraction of sp³-hybridized carbons (Fsp3) is 0.700. The highest BCUT2D eigenvalue weighted by Crippen LogP contribution is 2.60. The number of nitrogens with one attached hydrogen (secondary N) is 2. The Kier molecular flexibility index (Phi) is 5.06. The molecule has 142 valence electrons. The SMILES string of the molecule is CN(CC(=O)NC(=O)NCc1cccs1)CC12CC3CC(CC(C3)C1)C2. The van der Waals surface area contributed by atoms with Crippen molar-refractivity contribution in [3.05, 3.63) is 22.4 Å². The second kappa shape index (κ2) is 7.31. The van der Waals surface area contributed by atoms with E-state index in [-0.39, 0.29) is 12.5 Å². The van der Waals surface area contributed by atoms with Gasteiger partial charge in [0.15, 0.2) is 0 Å². The summed E-state index contributed by atoms with van der Waals surface area (Å²) >= 11 is 1.59. The van der Waals surface area contributed by atoms with Crippen LogP contribution in [0.15, 0.2) is 17.5 Å². The summed E-state index contributed by atoms with van der Waals surface area (Å²) in [6, 6.07) is 3.50. The second-order valence-corrected chi connectivity index (χ2v) is 9.93. The number of rotatable bonds is 6. The van der Waals surface area contributed by atoms with Gasteiger partial charge in [0.1, 0.15) is 0 Å². The zero-order valence-electron chi connectivity index (χ0n) is 15.5. The molecule has 0 atom stereocenters. The van der Waals surface area contributed by atoms with E-state index in [1.54, 1.807) is 11.3 Å². The quantitative estimate of drug-likeness (QED) is 0.802. The van der Waals surface area contributed by atoms with E-state index in [0.717, 1.165) is 29.2 Å². The summed E-state index contributed by atoms with van der Waals surface area (Å²) in [5, 5.41) is 7.16. The Bertz CT molecular complexity index is 623. The highest BCUT2D eigenvalue weighted by molar-refractivity contribution is 7.09. The lowest BCUT2D eigenvalue weighted by atomic mass is 9.49. The van der Waals surface area contributed by atoms with Crippen LogP contribution < -0.4 is 10.6 Å². The van der Waals surface area contributed by atoms with Gasteiger partial charge in [0.2, 0.25) is 5.91 Å². The first-order valence-electron chi connectivity index (χ1n) is 9.78. The van der Waals surface area contributed by atoms with Crippen LogP contribution in [-0.2, 0) is 11.3 Å². The van der Waals surface area contributed by atoms with E-state index in [4.69, 9.17) is 0 Å². The third-order valence-electron chi connectivity index (χ3n) is 6.44. The van der Waals surface area contributed by atoms with Crippen molar-refractivity contribution in [2.24, 2.45) is 23.2 Å². The predicted molar refractivity (Wildman–Crippen MR) is 103 cm³/mol. The van der Waals surface area contributed by atoms with Crippen LogP contribution in [0.2, 0.25) is 0 Å². The molecular weight excluding hydrogens is 346 g/mol. The normalized spacial score (nSPS) is 32.0. The number of carbonyl (C=O) groups excluding carboxylic acids is 2. The summed E-state index contributed by atoms with van der Waals surface area (Å²) in [7, 11) is 2.02. The number of hydrogen-bond acceptors (Lipinski definition) is 4. The predicted octanol–water partition coefficient (Wildman–Crippen LogP) is 3.22. The minimum absolute atomic E-state index is 0.221. The highest BCUT2D eigenvalue weighted by Gasteiger charge is 2.51. The van der Waals surface area contributed by atoms with E-state index in [0.29, 0.717) is 12.0 Å². The molecule has 26 heavy (non-hydrogen) atoms. The molecule has 2 N–H and O–H groups in total. The van der Waals surface area contributed by atoms with Gasteiger partial charge in [0.05, 0.1) is 13.1 Å². The zero-order chi connectivity index (χ0) is 18.1. The molecule has 1 aromatic heterocycles. The van der Waals surface area contributed by atoms with Crippen molar-refractivity contribution in [2.75, 3.05) is 20.1 Å². The van der Waals surface area contributed by atoms with Gasteiger partial charge in [0.25, 0.3) is 0 Å². The van der Waals surface area contributed by atoms with Gasteiger partial charge in [-0.1, -0.05) is 6.07 Å². The molecule has 1 heterocycles. The van der Waals surface area contributed by atoms with E-state index in [2.05, 4.69) is 15.5 Å². The molecule has 0 radical (unpaired) electrons. The van der Waals surface area contributed by atoms with E-state index in [9.17, 15) is 9.59 Å². The average molecular weight is 376 g/mol. The number of likely N-dealkylation sites (N-methyl/N-ethyl adjacent to an activating group) is 1. The Hall–Kier alpha value is -1.40. The van der Waals surface area contributed by atoms with Crippen LogP contribution in [0.3, 0.4) is 0 Å². The van der Waals surface area contributed by atoms with Gasteiger partial charge in [-0.15, -0.1) is 11.3 Å². The summed E-state index contributed by atoms with van der Waals surface area (Å²) in [5.41, 5.74) is 0.422. The van der Waals surface area contributed by atoms with Crippen molar-refractivity contribution >= 4 is 23.3 Å². The Morgan fingerprint density at radius 3 is 2.42 bits per heavy atom. The lowest BCUT2D eigenvalue weighted by Crippen LogP contribution is -2.52. The Labute approximate surface area is 159 Å². The summed E-state index contributed by atoms with van der Waals surface area (Å²) in [4.78, 5) is 27.3. The van der Waals surface area contributed by atoms with Gasteiger partial charge < -0.3 is 5.32 Å². The van der Waals surface area contributed by atoms with Crippen molar-refractivity contribution in [1.29, 1.82) is 0 Å². The number of carbonyl (C=O) groups is 2. The molecule has 1 aromatic rings. The molecule has 4 fully saturated rings. The molecule has 5 nitrogen and oxygen atoms in total. The number of urea groups is 1. The second-order valence-electron chi connectivity index (χ2n) is 8.90. The minimum Gasteiger partial charge on any atom is -0.333 e. The van der Waals surface area contributed by atoms with Crippen molar-refractivity contribution in [2.45, 2.75) is 45.1 Å². The molecular formula is C20H29N3O2S. The van der Waals surface area contributed by atoms with Gasteiger partial charge in [-0.05, 0) is 80.2 Å². The van der Waals surface area contributed by atoms with Gasteiger partial charge in [-0.2, -0.15) is 0 Å². The maximum absolute atomic E-state index is 12.2. The summed E-state index contributed by atoms with van der Waals surface area (Å²) in [5.74, 6) is 2.55. The summed E-state index contributed by atoms with van der Waals surface area (Å²) < 4.78 is 0. The topological polar surface area (TPSA) is 61.4 Å². The third-order valence-corrected chi connectivity index (χ3v) is 7.32. The lowest BCUT2D eigenvalue weighted by molar-refractivity contribution is -0.122. The minimum atomic E-state index is -0.411. The smallest absolute Gasteiger partial charge is 0.321 e. The molecule has 5 rings (SSSR count). The van der Waals surface area contributed by atoms with E-state index >= 15 is 0 Å². The first kappa shape index (κ1) is 18.0. The monoisotopic (exact) mass is 375 g/mol. The van der Waals surface area contributed by atoms with Crippen LogP contribution in [0, 0.1) is 23.2 Å². The van der Waals surface area contributed by atoms with E-state index in [1.807, 2.05) is 24.6 Å². The molecule has 0 spiro atoms. The van der Waals surface area contributed by atoms with Crippen LogP contribution in [0.5, 0.6) is 0 Å². The van der Waals surface area contributed by atoms with Crippen LogP contribution in [-0.4, -0.2) is 37.0 Å². The fourth-order valence-electron chi connectivity index (χ4n) is 6.15. The molecule has 4 saturated carbocycles. The molecule has 0 unspecified atom stereocenters. The van der Waals surface area contributed by atoms with Crippen molar-refractivity contribution in [1.82, 2.24) is 15.5 Å². The average Bonchev–Trinajstić information content (AvgIpc) is 3.04. The number of nitrogens with zero attached hydrogens (tertiary/aromatic N) is 1. The van der Waals surface area contributed by atoms with Gasteiger partial charge >= 0.3 is 6.03 Å². The Morgan fingerprint density at radius 2 is 1.85 bits per heavy atom. The number of amides is 3. The third kappa shape index (κ3) is 4.12. The Morgan fingerprint density at radius 1 is 1.19 bits per heavy atom. The number of hydrogen-bond donors (Lipinski definition) is 2. The van der Waals surface area contributed by atoms with Crippen LogP contribution in [0.4, 0.5) is 4.79 Å². The fourth-order valence-corrected chi connectivity index (χ4v) is 6.79. The number of imide groups is 1. The zero-order valence-corrected chi connectivity index (χ0v) is 16.3. The molecule has 0 aromatic carbocycles. The molecule has 3 amide bonds. The highest BCUT2D eigenvalue weighted by atomic mass is 32.1. The van der Waals surface area contributed by atoms with Crippen LogP contribution >= 0.6 is 11.3 Å². The molecule has 4 bridgehead atoms. The van der Waals surface area contributed by atoms with Gasteiger partial charge in [-0.25, -0.2) is 4.79 Å². The van der Waals surface area contributed by atoms with E-state index < -0.39 is 6.03 Å². The molecule has 6 heteroatoms. The van der Waals surface area contributed by atoms with Crippen molar-refractivity contribution in [3.8, 4) is 0 Å². The largest absolute Gasteiger partial charge is 0.333 e. The maximum Gasteiger partial charge on any atom is 0.321 e. The van der Waals surface area contributed by atoms with Gasteiger partial charge in [0, 0.05) is 11.4 Å². The van der Waals surface area contributed by atoms with Crippen LogP contribution in [0.25, 0.3) is 0 Å². The van der Waals surface area contributed by atoms with E-state index in [1.165, 1.54) is 38.5 Å².